The first-order chi connectivity index (χ1) is 25.6. The van der Waals surface area contributed by atoms with E-state index in [0.29, 0.717) is 50.5 Å². The number of pyridine rings is 1. The Morgan fingerprint density at radius 2 is 1.66 bits per heavy atom. The molecular formula is C39H40Cl2FN4O7+. The smallest absolute Gasteiger partial charge is 0.333 e. The molecule has 3 N–H and O–H groups in total. The van der Waals surface area contributed by atoms with E-state index < -0.39 is 42.4 Å². The molecule has 4 heterocycles. The van der Waals surface area contributed by atoms with Crippen LogP contribution >= 0.6 is 23.2 Å². The van der Waals surface area contributed by atoms with Crippen molar-refractivity contribution in [3.63, 3.8) is 0 Å². The van der Waals surface area contributed by atoms with E-state index in [-0.39, 0.29) is 24.0 Å². The standard InChI is InChI=1S/C39H39Cl2FN4O7/c1-50-32-10-9-24(17-34(32)51-2)33(18-29-30(40)19-43-20-31(29)41)52-36(47)21-44-38(48)26-6-4-8-28(16-26)45-37(25-5-3-7-27(42)15-25)39(49)53-35-22-46-13-11-23(35)12-14-46/h3-10,15-17,19-20,23,33,35,37,45H,11-14,18,21-22H2,1-2H3,(H,44,48)/p+1/t33?,35-,37?/m0/s1. The third kappa shape index (κ3) is 9.37. The lowest BCUT2D eigenvalue weighted by molar-refractivity contribution is -0.377. The van der Waals surface area contributed by atoms with Gasteiger partial charge in [-0.05, 0) is 85.4 Å². The first kappa shape index (κ1) is 37.8. The van der Waals surface area contributed by atoms with Gasteiger partial charge in [-0.3, -0.25) is 14.5 Å². The van der Waals surface area contributed by atoms with Crippen LogP contribution < -0.4 is 25.1 Å². The van der Waals surface area contributed by atoms with E-state index in [9.17, 15) is 18.8 Å². The van der Waals surface area contributed by atoms with Gasteiger partial charge in [0.15, 0.2) is 29.9 Å². The number of fused-ring (bicyclic) bond motifs is 3. The summed E-state index contributed by atoms with van der Waals surface area (Å²) in [6.07, 6.45) is 4.10. The lowest BCUT2D eigenvalue weighted by atomic mass is 9.86. The Labute approximate surface area is 316 Å². The average Bonchev–Trinajstić information content (AvgIpc) is 3.17. The quantitative estimate of drug-likeness (QED) is 0.148. The summed E-state index contributed by atoms with van der Waals surface area (Å²) in [5.74, 6) is -1.10. The van der Waals surface area contributed by atoms with Crippen LogP contribution in [0.5, 0.6) is 11.5 Å². The number of benzene rings is 3. The second-order valence-corrected chi connectivity index (χ2v) is 13.8. The van der Waals surface area contributed by atoms with Crippen molar-refractivity contribution in [2.24, 2.45) is 5.92 Å². The highest BCUT2D eigenvalue weighted by Gasteiger charge is 2.38. The first-order valence-electron chi connectivity index (χ1n) is 17.2. The molecule has 3 aliphatic heterocycles. The molecule has 2 unspecified atom stereocenters. The molecule has 3 fully saturated rings. The lowest BCUT2D eigenvalue weighted by Crippen LogP contribution is -2.52. The van der Waals surface area contributed by atoms with E-state index in [1.54, 1.807) is 54.9 Å². The largest absolute Gasteiger partial charge is 0.493 e. The summed E-state index contributed by atoms with van der Waals surface area (Å²) >= 11 is 12.9. The number of methoxy groups -OCH3 is 2. The van der Waals surface area contributed by atoms with Gasteiger partial charge in [-0.15, -0.1) is 0 Å². The van der Waals surface area contributed by atoms with E-state index in [1.807, 2.05) is 0 Å². The molecule has 278 valence electrons. The van der Waals surface area contributed by atoms with Gasteiger partial charge in [-0.2, -0.15) is 0 Å². The Hall–Kier alpha value is -4.91. The van der Waals surface area contributed by atoms with E-state index in [2.05, 4.69) is 20.5 Å². The van der Waals surface area contributed by atoms with Crippen molar-refractivity contribution < 1.29 is 42.7 Å². The van der Waals surface area contributed by atoms with Gasteiger partial charge in [0.1, 0.15) is 34.6 Å². The van der Waals surface area contributed by atoms with Crippen LogP contribution in [0.3, 0.4) is 0 Å². The minimum absolute atomic E-state index is 0.129. The number of anilines is 1. The molecule has 3 aromatic carbocycles. The number of H-pyrrole nitrogens is 1. The number of nitrogens with one attached hydrogen (secondary N) is 3. The minimum atomic E-state index is -1.03. The van der Waals surface area contributed by atoms with Crippen LogP contribution in [0.15, 0.2) is 79.1 Å². The number of aromatic nitrogens is 1. The fraction of sp³-hybridized carbons (Fsp3) is 0.333. The van der Waals surface area contributed by atoms with Crippen molar-refractivity contribution in [1.82, 2.24) is 10.2 Å². The topological polar surface area (TPSA) is 130 Å². The minimum Gasteiger partial charge on any atom is -0.493 e. The summed E-state index contributed by atoms with van der Waals surface area (Å²) in [7, 11) is 3.01. The lowest BCUT2D eigenvalue weighted by Gasteiger charge is -2.44. The molecule has 0 aliphatic carbocycles. The van der Waals surface area contributed by atoms with Crippen molar-refractivity contribution in [3.8, 4) is 11.5 Å². The first-order valence-corrected chi connectivity index (χ1v) is 18.0. The highest BCUT2D eigenvalue weighted by atomic mass is 35.5. The van der Waals surface area contributed by atoms with Crippen molar-refractivity contribution in [2.75, 3.05) is 45.7 Å². The summed E-state index contributed by atoms with van der Waals surface area (Å²) in [4.78, 5) is 45.3. The highest BCUT2D eigenvalue weighted by Crippen LogP contribution is 2.35. The molecule has 3 atom stereocenters. The summed E-state index contributed by atoms with van der Waals surface area (Å²) < 4.78 is 37.0. The second kappa shape index (κ2) is 17.3. The van der Waals surface area contributed by atoms with Gasteiger partial charge >= 0.3 is 11.9 Å². The summed E-state index contributed by atoms with van der Waals surface area (Å²) in [6.45, 7) is 2.20. The number of rotatable bonds is 14. The highest BCUT2D eigenvalue weighted by molar-refractivity contribution is 6.35. The number of nitrogens with zero attached hydrogens (tertiary/aromatic N) is 1. The molecule has 14 heteroatoms. The van der Waals surface area contributed by atoms with E-state index in [0.717, 1.165) is 25.9 Å². The Morgan fingerprint density at radius 1 is 0.925 bits per heavy atom. The molecule has 7 rings (SSSR count). The normalized spacial score (nSPS) is 18.7. The van der Waals surface area contributed by atoms with Crippen LogP contribution in [0.25, 0.3) is 0 Å². The zero-order valence-corrected chi connectivity index (χ0v) is 30.7. The molecule has 1 aromatic heterocycles. The summed E-state index contributed by atoms with van der Waals surface area (Å²) in [6, 6.07) is 16.3. The molecule has 2 bridgehead atoms. The van der Waals surface area contributed by atoms with Gasteiger partial charge in [0.2, 0.25) is 0 Å². The zero-order valence-electron chi connectivity index (χ0n) is 29.2. The van der Waals surface area contributed by atoms with Gasteiger partial charge in [0, 0.05) is 29.8 Å². The van der Waals surface area contributed by atoms with Crippen LogP contribution in [0.2, 0.25) is 10.0 Å². The molecule has 0 saturated carbocycles. The second-order valence-electron chi connectivity index (χ2n) is 12.9. The van der Waals surface area contributed by atoms with Crippen molar-refractivity contribution in [3.05, 3.63) is 117 Å². The maximum atomic E-state index is 14.3. The number of carbonyl (C=O) groups excluding carboxylic acids is 3. The number of hydrogen-bond donors (Lipinski definition) is 2. The van der Waals surface area contributed by atoms with Gasteiger partial charge in [-0.1, -0.05) is 47.5 Å². The molecule has 0 radical (unpaired) electrons. The van der Waals surface area contributed by atoms with E-state index in [4.69, 9.17) is 42.1 Å². The number of halogens is 3. The Balaban J connectivity index is 1.14. The number of amides is 1. The van der Waals surface area contributed by atoms with Crippen LogP contribution in [-0.2, 0) is 25.5 Å². The number of piperidine rings is 3. The maximum Gasteiger partial charge on any atom is 0.333 e. The van der Waals surface area contributed by atoms with Gasteiger partial charge in [0.25, 0.3) is 5.91 Å². The third-order valence-electron chi connectivity index (χ3n) is 9.55. The fourth-order valence-corrected chi connectivity index (χ4v) is 7.27. The molecule has 0 spiro atoms. The zero-order chi connectivity index (χ0) is 37.5. The van der Waals surface area contributed by atoms with Crippen molar-refractivity contribution in [1.29, 1.82) is 0 Å². The molecule has 11 nitrogen and oxygen atoms in total. The predicted octanol–water partition coefficient (Wildman–Crippen LogP) is 6.01. The Bertz CT molecular complexity index is 1940. The average molecular weight is 767 g/mol. The van der Waals surface area contributed by atoms with Crippen molar-refractivity contribution >= 4 is 46.7 Å². The molecule has 4 aromatic rings. The molecule has 3 saturated heterocycles. The number of aromatic amines is 1. The Kier molecular flexibility index (Phi) is 12.3. The Morgan fingerprint density at radius 3 is 2.34 bits per heavy atom. The monoisotopic (exact) mass is 765 g/mol. The maximum absolute atomic E-state index is 14.3. The van der Waals surface area contributed by atoms with E-state index in [1.165, 1.54) is 38.5 Å². The molecule has 53 heavy (non-hydrogen) atoms. The van der Waals surface area contributed by atoms with Crippen molar-refractivity contribution in [2.45, 2.75) is 37.5 Å². The van der Waals surface area contributed by atoms with Gasteiger partial charge < -0.3 is 29.6 Å². The third-order valence-corrected chi connectivity index (χ3v) is 10.2. The SMILES string of the molecule is COc1ccc(C(Cc2c(Cl)c[nH+]cc2Cl)OC(=O)CNC(=O)c2cccc(NC(C(=O)O[C@H]3CN4CCC3CC4)c3cccc(F)c3)c2)cc1OC. The molecular weight excluding hydrogens is 726 g/mol. The van der Waals surface area contributed by atoms with Crippen LogP contribution in [0.1, 0.15) is 52.0 Å². The van der Waals surface area contributed by atoms with Crippen LogP contribution in [0, 0.1) is 11.7 Å². The number of hydrogen-bond acceptors (Lipinski definition) is 9. The molecule has 3 aliphatic rings. The fourth-order valence-electron chi connectivity index (χ4n) is 6.74. The summed E-state index contributed by atoms with van der Waals surface area (Å²) in [5.41, 5.74) is 2.15. The van der Waals surface area contributed by atoms with Gasteiger partial charge in [-0.25, -0.2) is 14.2 Å². The van der Waals surface area contributed by atoms with Gasteiger partial charge in [0.05, 0.1) is 14.2 Å². The molecule has 1 amide bonds. The van der Waals surface area contributed by atoms with Crippen LogP contribution in [-0.4, -0.2) is 69.2 Å². The van der Waals surface area contributed by atoms with Crippen LogP contribution in [0.4, 0.5) is 10.1 Å². The number of carbonyl (C=O) groups is 3. The number of ether oxygens (including phenoxy) is 4. The predicted molar refractivity (Wildman–Crippen MR) is 196 cm³/mol. The van der Waals surface area contributed by atoms with E-state index >= 15 is 0 Å². The number of esters is 2. The summed E-state index contributed by atoms with van der Waals surface area (Å²) in [5, 5.41) is 6.46.